The molecule has 0 aromatic heterocycles. The van der Waals surface area contributed by atoms with Crippen LogP contribution in [0.2, 0.25) is 0 Å². The number of methoxy groups -OCH3 is 1. The second-order valence-corrected chi connectivity index (χ2v) is 12.8. The number of carbonyl (C=O) groups is 2. The van der Waals surface area contributed by atoms with Crippen LogP contribution in [-0.4, -0.2) is 29.8 Å². The minimum Gasteiger partial charge on any atom is -0.508 e. The average molecular weight is 485 g/mol. The van der Waals surface area contributed by atoms with Crippen molar-refractivity contribution in [1.82, 2.24) is 0 Å². The first-order chi connectivity index (χ1) is 16.4. The van der Waals surface area contributed by atoms with Crippen LogP contribution in [0.3, 0.4) is 0 Å². The average Bonchev–Trinajstić information content (AvgIpc) is 2.80. The zero-order chi connectivity index (χ0) is 25.6. The Morgan fingerprint density at radius 2 is 1.54 bits per heavy atom. The molecule has 4 bridgehead atoms. The molecule has 0 spiro atoms. The fourth-order valence-electron chi connectivity index (χ4n) is 8.24. The monoisotopic (exact) mass is 484 g/mol. The van der Waals surface area contributed by atoms with Gasteiger partial charge in [0.25, 0.3) is 0 Å². The second kappa shape index (κ2) is 9.44. The molecular formula is C30H44O5. The maximum atomic E-state index is 14.2. The zero-order valence-electron chi connectivity index (χ0n) is 22.4. The molecule has 2 atom stereocenters. The highest BCUT2D eigenvalue weighted by atomic mass is 16.6. The van der Waals surface area contributed by atoms with Gasteiger partial charge in [0.1, 0.15) is 11.4 Å². The topological polar surface area (TPSA) is 72.8 Å². The molecule has 4 aliphatic rings. The molecular weight excluding hydrogens is 440 g/mol. The van der Waals surface area contributed by atoms with Gasteiger partial charge in [-0.2, -0.15) is 0 Å². The fourth-order valence-corrected chi connectivity index (χ4v) is 8.24. The second-order valence-electron chi connectivity index (χ2n) is 12.8. The first-order valence-corrected chi connectivity index (χ1v) is 13.5. The molecule has 5 rings (SSSR count). The van der Waals surface area contributed by atoms with Crippen LogP contribution < -0.4 is 0 Å². The van der Waals surface area contributed by atoms with Crippen LogP contribution in [0.15, 0.2) is 24.3 Å². The van der Waals surface area contributed by atoms with E-state index in [0.717, 1.165) is 23.8 Å². The van der Waals surface area contributed by atoms with Crippen LogP contribution in [0.25, 0.3) is 0 Å². The minimum atomic E-state index is -0.855. The Labute approximate surface area is 211 Å². The normalized spacial score (nSPS) is 32.1. The van der Waals surface area contributed by atoms with Crippen molar-refractivity contribution in [3.63, 3.8) is 0 Å². The van der Waals surface area contributed by atoms with Crippen LogP contribution >= 0.6 is 0 Å². The van der Waals surface area contributed by atoms with Crippen molar-refractivity contribution in [2.45, 2.75) is 97.5 Å². The predicted molar refractivity (Wildman–Crippen MR) is 136 cm³/mol. The van der Waals surface area contributed by atoms with Crippen LogP contribution in [0, 0.1) is 34.5 Å². The van der Waals surface area contributed by atoms with Gasteiger partial charge in [-0.25, -0.2) is 0 Å². The van der Waals surface area contributed by atoms with E-state index in [0.29, 0.717) is 24.7 Å². The van der Waals surface area contributed by atoms with Gasteiger partial charge in [0.2, 0.25) is 0 Å². The molecule has 1 N–H and O–H groups in total. The summed E-state index contributed by atoms with van der Waals surface area (Å²) in [5, 5.41) is 9.71. The first-order valence-electron chi connectivity index (χ1n) is 13.5. The summed E-state index contributed by atoms with van der Waals surface area (Å²) in [6.07, 6.45) is 7.86. The summed E-state index contributed by atoms with van der Waals surface area (Å²) in [6.45, 7) is 9.96. The van der Waals surface area contributed by atoms with Crippen molar-refractivity contribution in [3.05, 3.63) is 29.8 Å². The maximum absolute atomic E-state index is 14.2. The molecule has 1 aromatic carbocycles. The molecule has 5 heteroatoms. The molecule has 4 saturated carbocycles. The van der Waals surface area contributed by atoms with Gasteiger partial charge in [-0.3, -0.25) is 9.59 Å². The van der Waals surface area contributed by atoms with Crippen molar-refractivity contribution in [3.8, 4) is 5.75 Å². The SMILES string of the molecule is CCC1(OC(=O)C(C)(CC(C)c2ccc(O)cc2)CC(C)(C)C(=O)OC)C2CC3CC(C2)CC1C3. The third-order valence-electron chi connectivity index (χ3n) is 9.64. The van der Waals surface area contributed by atoms with Crippen LogP contribution in [0.4, 0.5) is 0 Å². The molecule has 5 nitrogen and oxygen atoms in total. The Morgan fingerprint density at radius 3 is 2.03 bits per heavy atom. The minimum absolute atomic E-state index is 0.0534. The van der Waals surface area contributed by atoms with Gasteiger partial charge in [-0.15, -0.1) is 0 Å². The number of esters is 2. The van der Waals surface area contributed by atoms with E-state index in [2.05, 4.69) is 13.8 Å². The summed E-state index contributed by atoms with van der Waals surface area (Å²) in [6, 6.07) is 7.17. The van der Waals surface area contributed by atoms with Gasteiger partial charge in [0.05, 0.1) is 17.9 Å². The van der Waals surface area contributed by atoms with Crippen LogP contribution in [0.5, 0.6) is 5.75 Å². The van der Waals surface area contributed by atoms with E-state index >= 15 is 0 Å². The molecule has 4 fully saturated rings. The molecule has 1 aromatic rings. The molecule has 0 saturated heterocycles. The van der Waals surface area contributed by atoms with E-state index in [1.807, 2.05) is 32.9 Å². The Bertz CT molecular complexity index is 905. The molecule has 4 aliphatic carbocycles. The van der Waals surface area contributed by atoms with Crippen LogP contribution in [-0.2, 0) is 19.1 Å². The first kappa shape index (κ1) is 26.0. The molecule has 2 unspecified atom stereocenters. The fraction of sp³-hybridized carbons (Fsp3) is 0.733. The largest absolute Gasteiger partial charge is 0.508 e. The van der Waals surface area contributed by atoms with Gasteiger partial charge in [0.15, 0.2) is 0 Å². The predicted octanol–water partition coefficient (Wildman–Crippen LogP) is 6.63. The van der Waals surface area contributed by atoms with Crippen LogP contribution in [0.1, 0.15) is 97.5 Å². The summed E-state index contributed by atoms with van der Waals surface area (Å²) in [5.74, 6) is 2.31. The van der Waals surface area contributed by atoms with Gasteiger partial charge in [0, 0.05) is 0 Å². The lowest BCUT2D eigenvalue weighted by molar-refractivity contribution is -0.220. The highest BCUT2D eigenvalue weighted by molar-refractivity contribution is 5.80. The Morgan fingerprint density at radius 1 is 1.00 bits per heavy atom. The van der Waals surface area contributed by atoms with Gasteiger partial charge >= 0.3 is 11.9 Å². The van der Waals surface area contributed by atoms with Gasteiger partial charge in [-0.1, -0.05) is 26.0 Å². The third-order valence-corrected chi connectivity index (χ3v) is 9.64. The Balaban J connectivity index is 1.62. The summed E-state index contributed by atoms with van der Waals surface area (Å²) < 4.78 is 11.8. The van der Waals surface area contributed by atoms with Crippen molar-refractivity contribution >= 4 is 11.9 Å². The molecule has 194 valence electrons. The summed E-state index contributed by atoms with van der Waals surface area (Å²) in [5.41, 5.74) is -0.993. The van der Waals surface area contributed by atoms with E-state index in [-0.39, 0.29) is 29.2 Å². The van der Waals surface area contributed by atoms with E-state index in [1.165, 1.54) is 39.2 Å². The lowest BCUT2D eigenvalue weighted by atomic mass is 9.49. The number of ether oxygens (including phenoxy) is 2. The number of hydrogen-bond donors (Lipinski definition) is 1. The quantitative estimate of drug-likeness (QED) is 0.398. The van der Waals surface area contributed by atoms with E-state index in [9.17, 15) is 14.7 Å². The van der Waals surface area contributed by atoms with Crippen molar-refractivity contribution in [2.75, 3.05) is 7.11 Å². The molecule has 0 amide bonds. The number of benzene rings is 1. The number of rotatable bonds is 9. The highest BCUT2D eigenvalue weighted by Gasteiger charge is 2.60. The summed E-state index contributed by atoms with van der Waals surface area (Å²) in [4.78, 5) is 26.9. The number of aromatic hydroxyl groups is 1. The van der Waals surface area contributed by atoms with E-state index in [1.54, 1.807) is 12.1 Å². The van der Waals surface area contributed by atoms with Crippen molar-refractivity contribution in [1.29, 1.82) is 0 Å². The van der Waals surface area contributed by atoms with Gasteiger partial charge < -0.3 is 14.6 Å². The number of hydrogen-bond acceptors (Lipinski definition) is 5. The smallest absolute Gasteiger partial charge is 0.312 e. The maximum Gasteiger partial charge on any atom is 0.312 e. The summed E-state index contributed by atoms with van der Waals surface area (Å²) >= 11 is 0. The summed E-state index contributed by atoms with van der Waals surface area (Å²) in [7, 11) is 1.40. The van der Waals surface area contributed by atoms with E-state index < -0.39 is 10.8 Å². The zero-order valence-corrected chi connectivity index (χ0v) is 22.4. The number of phenols is 1. The van der Waals surface area contributed by atoms with Crippen molar-refractivity contribution < 1.29 is 24.2 Å². The lowest BCUT2D eigenvalue weighted by Crippen LogP contribution is -2.60. The molecule has 35 heavy (non-hydrogen) atoms. The standard InChI is InChI=1S/C30H44O5/c1-7-30(23-13-20-12-21(15-23)16-24(30)14-20)35-27(33)29(5,18-28(3,4)26(32)34-6)17-19(2)22-8-10-25(31)11-9-22/h8-11,19-21,23-24,31H,7,12-18H2,1-6H3. The molecule has 0 heterocycles. The lowest BCUT2D eigenvalue weighted by Gasteiger charge is -2.60. The Kier molecular flexibility index (Phi) is 7.02. The highest BCUT2D eigenvalue weighted by Crippen LogP contribution is 2.61. The number of carbonyl (C=O) groups excluding carboxylic acids is 2. The third kappa shape index (κ3) is 4.84. The van der Waals surface area contributed by atoms with E-state index in [4.69, 9.17) is 9.47 Å². The number of phenolic OH excluding ortho intramolecular Hbond substituents is 1. The molecule has 0 aliphatic heterocycles. The molecule has 0 radical (unpaired) electrons. The van der Waals surface area contributed by atoms with Crippen molar-refractivity contribution in [2.24, 2.45) is 34.5 Å². The Hall–Kier alpha value is -2.04. The van der Waals surface area contributed by atoms with Gasteiger partial charge in [-0.05, 0) is 119 Å².